The van der Waals surface area contributed by atoms with Crippen LogP contribution in [0.25, 0.3) is 10.9 Å². The zero-order chi connectivity index (χ0) is 25.8. The van der Waals surface area contributed by atoms with E-state index >= 15 is 0 Å². The molecule has 194 valence electrons. The molecule has 1 aliphatic rings. The molecule has 1 fully saturated rings. The number of nitrogens with zero attached hydrogens (tertiary/aromatic N) is 6. The lowest BCUT2D eigenvalue weighted by molar-refractivity contribution is 0.171. The van der Waals surface area contributed by atoms with Crippen molar-refractivity contribution < 1.29 is 13.9 Å². The molecule has 5 rings (SSSR count). The fourth-order valence-electron chi connectivity index (χ4n) is 4.83. The Morgan fingerprint density at radius 3 is 2.68 bits per heavy atom. The number of H-pyrrole nitrogens is 1. The number of hydrogen-bond donors (Lipinski definition) is 1. The smallest absolute Gasteiger partial charge is 0.253 e. The van der Waals surface area contributed by atoms with E-state index in [-0.39, 0.29) is 11.4 Å². The minimum atomic E-state index is -0.501. The van der Waals surface area contributed by atoms with Crippen LogP contribution in [0.4, 0.5) is 10.1 Å². The number of anilines is 1. The van der Waals surface area contributed by atoms with E-state index in [0.717, 1.165) is 16.7 Å². The van der Waals surface area contributed by atoms with Crippen molar-refractivity contribution in [2.45, 2.75) is 19.5 Å². The SMILES string of the molecule is CCOc1ccc2[nH]c(=O)c([C@H](c3nnnn3CCOC)N3CCN(c4ccccc4F)CC3)cc2c1. The number of ether oxygens (including phenoxy) is 2. The third kappa shape index (κ3) is 5.18. The quantitative estimate of drug-likeness (QED) is 0.369. The van der Waals surface area contributed by atoms with Gasteiger partial charge in [0.15, 0.2) is 5.82 Å². The van der Waals surface area contributed by atoms with E-state index in [1.165, 1.54) is 6.07 Å². The van der Waals surface area contributed by atoms with Crippen LogP contribution in [0.5, 0.6) is 5.75 Å². The number of aromatic nitrogens is 5. The van der Waals surface area contributed by atoms with Gasteiger partial charge < -0.3 is 19.4 Å². The lowest BCUT2D eigenvalue weighted by atomic mass is 10.0. The van der Waals surface area contributed by atoms with Gasteiger partial charge in [-0.2, -0.15) is 0 Å². The second kappa shape index (κ2) is 11.1. The summed E-state index contributed by atoms with van der Waals surface area (Å²) >= 11 is 0. The molecule has 10 nitrogen and oxygen atoms in total. The Labute approximate surface area is 213 Å². The summed E-state index contributed by atoms with van der Waals surface area (Å²) < 4.78 is 27.0. The molecule has 0 spiro atoms. The minimum Gasteiger partial charge on any atom is -0.494 e. The number of aromatic amines is 1. The van der Waals surface area contributed by atoms with Gasteiger partial charge >= 0.3 is 0 Å². The maximum absolute atomic E-state index is 14.4. The van der Waals surface area contributed by atoms with Crippen molar-refractivity contribution in [1.29, 1.82) is 0 Å². The summed E-state index contributed by atoms with van der Waals surface area (Å²) in [5.74, 6) is 1.04. The topological polar surface area (TPSA) is 101 Å². The zero-order valence-corrected chi connectivity index (χ0v) is 20.9. The highest BCUT2D eigenvalue weighted by molar-refractivity contribution is 5.80. The number of fused-ring (bicyclic) bond motifs is 1. The van der Waals surface area contributed by atoms with Gasteiger partial charge in [0.25, 0.3) is 5.56 Å². The fraction of sp³-hybridized carbons (Fsp3) is 0.385. The molecule has 11 heteroatoms. The summed E-state index contributed by atoms with van der Waals surface area (Å²) in [5, 5.41) is 13.3. The number of para-hydroxylation sites is 1. The lowest BCUT2D eigenvalue weighted by Gasteiger charge is -2.39. The van der Waals surface area contributed by atoms with Crippen LogP contribution in [0.3, 0.4) is 0 Å². The molecule has 1 saturated heterocycles. The number of methoxy groups -OCH3 is 1. The van der Waals surface area contributed by atoms with Crippen LogP contribution in [0.2, 0.25) is 0 Å². The van der Waals surface area contributed by atoms with Crippen LogP contribution >= 0.6 is 0 Å². The second-order valence-electron chi connectivity index (χ2n) is 8.87. The Balaban J connectivity index is 1.53. The van der Waals surface area contributed by atoms with Crippen LogP contribution in [-0.4, -0.2) is 76.6 Å². The van der Waals surface area contributed by atoms with Crippen LogP contribution in [0, 0.1) is 5.82 Å². The number of benzene rings is 2. The van der Waals surface area contributed by atoms with Crippen LogP contribution in [0.15, 0.2) is 53.3 Å². The Hall–Kier alpha value is -3.83. The van der Waals surface area contributed by atoms with E-state index in [1.807, 2.05) is 42.2 Å². The molecule has 1 atom stereocenters. The summed E-state index contributed by atoms with van der Waals surface area (Å²) in [7, 11) is 1.62. The normalized spacial score (nSPS) is 15.3. The number of rotatable bonds is 9. The van der Waals surface area contributed by atoms with E-state index in [2.05, 4.69) is 25.4 Å². The molecule has 37 heavy (non-hydrogen) atoms. The molecule has 0 radical (unpaired) electrons. The van der Waals surface area contributed by atoms with E-state index in [0.29, 0.717) is 63.0 Å². The summed E-state index contributed by atoms with van der Waals surface area (Å²) in [6.07, 6.45) is 0. The first-order chi connectivity index (χ1) is 18.1. The molecule has 2 aromatic heterocycles. The Morgan fingerprint density at radius 2 is 1.92 bits per heavy atom. The summed E-state index contributed by atoms with van der Waals surface area (Å²) in [6, 6.07) is 13.8. The van der Waals surface area contributed by atoms with E-state index < -0.39 is 6.04 Å². The highest BCUT2D eigenvalue weighted by Gasteiger charge is 2.33. The summed E-state index contributed by atoms with van der Waals surface area (Å²) in [4.78, 5) is 20.6. The minimum absolute atomic E-state index is 0.209. The number of piperazine rings is 1. The molecule has 0 aliphatic carbocycles. The highest BCUT2D eigenvalue weighted by atomic mass is 19.1. The van der Waals surface area contributed by atoms with Crippen molar-refractivity contribution in [2.24, 2.45) is 0 Å². The molecule has 4 aromatic rings. The van der Waals surface area contributed by atoms with Crippen molar-refractivity contribution in [2.75, 3.05) is 51.4 Å². The summed E-state index contributed by atoms with van der Waals surface area (Å²) in [6.45, 7) is 5.72. The zero-order valence-electron chi connectivity index (χ0n) is 20.9. The van der Waals surface area contributed by atoms with Gasteiger partial charge in [0.05, 0.1) is 25.4 Å². The Kier molecular flexibility index (Phi) is 7.42. The fourth-order valence-corrected chi connectivity index (χ4v) is 4.83. The van der Waals surface area contributed by atoms with Crippen molar-refractivity contribution in [3.05, 3.63) is 76.1 Å². The molecule has 0 amide bonds. The Morgan fingerprint density at radius 1 is 1.11 bits per heavy atom. The second-order valence-corrected chi connectivity index (χ2v) is 8.87. The molecule has 0 bridgehead atoms. The number of tetrazole rings is 1. The molecule has 0 unspecified atom stereocenters. The van der Waals surface area contributed by atoms with Gasteiger partial charge in [0, 0.05) is 49.8 Å². The number of hydrogen-bond acceptors (Lipinski definition) is 8. The number of nitrogens with one attached hydrogen (secondary N) is 1. The van der Waals surface area contributed by atoms with Crippen LogP contribution in [-0.2, 0) is 11.3 Å². The first-order valence-corrected chi connectivity index (χ1v) is 12.4. The van der Waals surface area contributed by atoms with Crippen LogP contribution < -0.4 is 15.2 Å². The average molecular weight is 508 g/mol. The van der Waals surface area contributed by atoms with E-state index in [4.69, 9.17) is 9.47 Å². The maximum Gasteiger partial charge on any atom is 0.253 e. The van der Waals surface area contributed by atoms with Gasteiger partial charge in [-0.25, -0.2) is 9.07 Å². The first-order valence-electron chi connectivity index (χ1n) is 12.4. The van der Waals surface area contributed by atoms with Crippen molar-refractivity contribution >= 4 is 16.6 Å². The standard InChI is InChI=1S/C26H30FN7O3/c1-3-37-19-8-9-22-18(16-19)17-20(26(35)28-22)24(25-29-30-31-34(25)14-15-36-2)33-12-10-32(11-13-33)23-7-5-4-6-21(23)27/h4-9,16-17,24H,3,10-15H2,1-2H3,(H,28,35)/t24-/m1/s1. The maximum atomic E-state index is 14.4. The monoisotopic (exact) mass is 507 g/mol. The lowest BCUT2D eigenvalue weighted by Crippen LogP contribution is -2.49. The predicted octanol–water partition coefficient (Wildman–Crippen LogP) is 2.61. The van der Waals surface area contributed by atoms with Gasteiger partial charge in [-0.15, -0.1) is 5.10 Å². The van der Waals surface area contributed by atoms with Crippen molar-refractivity contribution in [3.8, 4) is 5.75 Å². The van der Waals surface area contributed by atoms with Gasteiger partial charge in [0.1, 0.15) is 17.6 Å². The van der Waals surface area contributed by atoms with E-state index in [9.17, 15) is 9.18 Å². The third-order valence-corrected chi connectivity index (χ3v) is 6.63. The van der Waals surface area contributed by atoms with Gasteiger partial charge in [-0.3, -0.25) is 9.69 Å². The molecular formula is C26H30FN7O3. The molecule has 1 aliphatic heterocycles. The van der Waals surface area contributed by atoms with Crippen molar-refractivity contribution in [1.82, 2.24) is 30.1 Å². The number of halogens is 1. The highest BCUT2D eigenvalue weighted by Crippen LogP contribution is 2.30. The molecule has 0 saturated carbocycles. The number of pyridine rings is 1. The molecular weight excluding hydrogens is 477 g/mol. The van der Waals surface area contributed by atoms with Crippen molar-refractivity contribution in [3.63, 3.8) is 0 Å². The molecule has 3 heterocycles. The average Bonchev–Trinajstić information content (AvgIpc) is 3.37. The van der Waals surface area contributed by atoms with Gasteiger partial charge in [-0.1, -0.05) is 12.1 Å². The summed E-state index contributed by atoms with van der Waals surface area (Å²) in [5.41, 5.74) is 1.63. The van der Waals surface area contributed by atoms with E-state index in [1.54, 1.807) is 23.9 Å². The van der Waals surface area contributed by atoms with Gasteiger partial charge in [0.2, 0.25) is 0 Å². The third-order valence-electron chi connectivity index (χ3n) is 6.63. The largest absolute Gasteiger partial charge is 0.494 e. The molecule has 2 aromatic carbocycles. The van der Waals surface area contributed by atoms with Gasteiger partial charge in [-0.05, 0) is 53.7 Å². The predicted molar refractivity (Wildman–Crippen MR) is 137 cm³/mol. The van der Waals surface area contributed by atoms with Crippen LogP contribution in [0.1, 0.15) is 24.4 Å². The Bertz CT molecular complexity index is 1410. The molecule has 1 N–H and O–H groups in total. The first kappa shape index (κ1) is 24.8.